The van der Waals surface area contributed by atoms with E-state index < -0.39 is 36.7 Å². The van der Waals surface area contributed by atoms with Gasteiger partial charge in [0.05, 0.1) is 34.9 Å². The first-order valence-electron chi connectivity index (χ1n) is 7.37. The van der Waals surface area contributed by atoms with Gasteiger partial charge in [-0.1, -0.05) is 29.3 Å². The molecule has 25 heavy (non-hydrogen) atoms. The molecule has 0 spiro atoms. The van der Waals surface area contributed by atoms with Gasteiger partial charge in [0.25, 0.3) is 5.92 Å². The summed E-state index contributed by atoms with van der Waals surface area (Å²) in [4.78, 5) is 25.6. The van der Waals surface area contributed by atoms with E-state index in [4.69, 9.17) is 23.2 Å². The minimum Gasteiger partial charge on any atom is -0.332 e. The van der Waals surface area contributed by atoms with Gasteiger partial charge in [0.1, 0.15) is 0 Å². The molecule has 0 saturated carbocycles. The number of para-hydroxylation sites is 1. The van der Waals surface area contributed by atoms with Crippen molar-refractivity contribution in [3.63, 3.8) is 0 Å². The van der Waals surface area contributed by atoms with E-state index in [0.717, 1.165) is 0 Å². The largest absolute Gasteiger partial charge is 0.332 e. The van der Waals surface area contributed by atoms with Gasteiger partial charge < -0.3 is 10.2 Å². The van der Waals surface area contributed by atoms with Crippen LogP contribution in [0.5, 0.6) is 0 Å². The zero-order valence-corrected chi connectivity index (χ0v) is 15.6. The van der Waals surface area contributed by atoms with Crippen molar-refractivity contribution in [2.75, 3.05) is 25.0 Å². The third-order valence-electron chi connectivity index (χ3n) is 3.66. The Balaban J connectivity index is 0.00000312. The Kier molecular flexibility index (Phi) is 7.87. The molecule has 10 heteroatoms. The van der Waals surface area contributed by atoms with Crippen LogP contribution >= 0.6 is 35.6 Å². The summed E-state index contributed by atoms with van der Waals surface area (Å²) >= 11 is 11.9. The number of carbonyl (C=O) groups is 2. The minimum absolute atomic E-state index is 0. The molecular weight excluding hydrogens is 399 g/mol. The normalized spacial score (nSPS) is 18.4. The summed E-state index contributed by atoms with van der Waals surface area (Å²) in [6, 6.07) is 3.78. The molecule has 0 bridgehead atoms. The topological polar surface area (TPSA) is 61.4 Å². The molecule has 1 aliphatic heterocycles. The van der Waals surface area contributed by atoms with Crippen molar-refractivity contribution in [2.24, 2.45) is 0 Å². The lowest BCUT2D eigenvalue weighted by Gasteiger charge is -2.24. The van der Waals surface area contributed by atoms with Crippen LogP contribution in [0.1, 0.15) is 13.3 Å². The molecule has 1 fully saturated rings. The van der Waals surface area contributed by atoms with E-state index in [2.05, 4.69) is 10.6 Å². The summed E-state index contributed by atoms with van der Waals surface area (Å²) in [5.41, 5.74) is 0.250. The maximum Gasteiger partial charge on any atom is 0.262 e. The summed E-state index contributed by atoms with van der Waals surface area (Å²) in [6.07, 6.45) is -0.569. The highest BCUT2D eigenvalue weighted by molar-refractivity contribution is 6.39. The zero-order chi connectivity index (χ0) is 17.9. The average Bonchev–Trinajstić information content (AvgIpc) is 2.88. The van der Waals surface area contributed by atoms with Crippen LogP contribution in [0.3, 0.4) is 0 Å². The Morgan fingerprint density at radius 2 is 1.96 bits per heavy atom. The second-order valence-corrected chi connectivity index (χ2v) is 6.31. The molecule has 1 saturated heterocycles. The maximum absolute atomic E-state index is 13.2. The number of carbonyl (C=O) groups excluding carboxylic acids is 2. The van der Waals surface area contributed by atoms with E-state index in [1.54, 1.807) is 25.1 Å². The molecule has 5 nitrogen and oxygen atoms in total. The van der Waals surface area contributed by atoms with E-state index in [1.165, 1.54) is 4.90 Å². The van der Waals surface area contributed by atoms with Crippen molar-refractivity contribution in [1.29, 1.82) is 0 Å². The summed E-state index contributed by atoms with van der Waals surface area (Å²) in [6.45, 7) is 1.07. The first kappa shape index (κ1) is 21.9. The van der Waals surface area contributed by atoms with Crippen molar-refractivity contribution in [2.45, 2.75) is 25.3 Å². The highest BCUT2D eigenvalue weighted by Crippen LogP contribution is 2.30. The van der Waals surface area contributed by atoms with Crippen LogP contribution in [0.15, 0.2) is 18.2 Å². The van der Waals surface area contributed by atoms with E-state index >= 15 is 0 Å². The van der Waals surface area contributed by atoms with Crippen LogP contribution in [0, 0.1) is 0 Å². The number of rotatable bonds is 5. The molecule has 0 aromatic heterocycles. The molecule has 1 atom stereocenters. The number of amides is 2. The van der Waals surface area contributed by atoms with Gasteiger partial charge in [-0.15, -0.1) is 12.4 Å². The number of nitrogens with one attached hydrogen (secondary N) is 2. The Bertz CT molecular complexity index is 626. The third kappa shape index (κ3) is 5.67. The molecule has 2 rings (SSSR count). The van der Waals surface area contributed by atoms with Crippen molar-refractivity contribution in [3.8, 4) is 0 Å². The summed E-state index contributed by atoms with van der Waals surface area (Å²) in [5, 5.41) is 5.56. The van der Waals surface area contributed by atoms with Gasteiger partial charge in [-0.2, -0.15) is 0 Å². The van der Waals surface area contributed by atoms with Gasteiger partial charge in [-0.05, 0) is 19.1 Å². The highest BCUT2D eigenvalue weighted by Gasteiger charge is 2.43. The van der Waals surface area contributed by atoms with Crippen molar-refractivity contribution in [3.05, 3.63) is 28.2 Å². The third-order valence-corrected chi connectivity index (χ3v) is 4.29. The van der Waals surface area contributed by atoms with Crippen LogP contribution in [-0.2, 0) is 9.59 Å². The van der Waals surface area contributed by atoms with Crippen LogP contribution < -0.4 is 10.6 Å². The van der Waals surface area contributed by atoms with Crippen LogP contribution in [-0.4, -0.2) is 48.3 Å². The second kappa shape index (κ2) is 8.98. The minimum atomic E-state index is -2.91. The smallest absolute Gasteiger partial charge is 0.262 e. The molecule has 1 unspecified atom stereocenters. The monoisotopic (exact) mass is 415 g/mol. The van der Waals surface area contributed by atoms with Crippen LogP contribution in [0.25, 0.3) is 0 Å². The lowest BCUT2D eigenvalue weighted by Crippen LogP contribution is -2.46. The predicted octanol–water partition coefficient (Wildman–Crippen LogP) is 3.20. The van der Waals surface area contributed by atoms with E-state index in [-0.39, 0.29) is 41.2 Å². The number of nitrogens with zero attached hydrogens (tertiary/aromatic N) is 1. The van der Waals surface area contributed by atoms with Gasteiger partial charge >= 0.3 is 0 Å². The van der Waals surface area contributed by atoms with Gasteiger partial charge in [-0.3, -0.25) is 14.9 Å². The molecular formula is C15H18Cl3F2N3O2. The fourth-order valence-corrected chi connectivity index (χ4v) is 2.92. The Hall–Kier alpha value is -1.15. The first-order chi connectivity index (χ1) is 11.2. The van der Waals surface area contributed by atoms with Crippen molar-refractivity contribution in [1.82, 2.24) is 10.2 Å². The molecule has 1 aliphatic rings. The summed E-state index contributed by atoms with van der Waals surface area (Å²) < 4.78 is 26.4. The standard InChI is InChI=1S/C15H17Cl2F2N3O2.ClH/c1-2-22(14(24)11-6-15(18,19)8-20-11)7-12(23)21-13-9(16)4-3-5-10(13)17;/h3-5,11,20H,2,6-8H2,1H3,(H,21,23);1H. The summed E-state index contributed by atoms with van der Waals surface area (Å²) in [7, 11) is 0. The van der Waals surface area contributed by atoms with Gasteiger partial charge in [-0.25, -0.2) is 8.78 Å². The molecule has 2 N–H and O–H groups in total. The lowest BCUT2D eigenvalue weighted by atomic mass is 10.1. The first-order valence-corrected chi connectivity index (χ1v) is 8.13. The van der Waals surface area contributed by atoms with E-state index in [1.807, 2.05) is 0 Å². The van der Waals surface area contributed by atoms with E-state index in [0.29, 0.717) is 0 Å². The molecule has 1 aromatic rings. The molecule has 1 heterocycles. The number of likely N-dealkylation sites (N-methyl/N-ethyl adjacent to an activating group) is 1. The zero-order valence-electron chi connectivity index (χ0n) is 13.3. The van der Waals surface area contributed by atoms with Gasteiger partial charge in [0.2, 0.25) is 11.8 Å². The molecule has 0 aliphatic carbocycles. The number of hydrogen-bond acceptors (Lipinski definition) is 3. The molecule has 1 aromatic carbocycles. The van der Waals surface area contributed by atoms with Crippen LogP contribution in [0.2, 0.25) is 10.0 Å². The van der Waals surface area contributed by atoms with Gasteiger partial charge in [0.15, 0.2) is 0 Å². The predicted molar refractivity (Wildman–Crippen MR) is 95.9 cm³/mol. The van der Waals surface area contributed by atoms with Gasteiger partial charge in [0, 0.05) is 13.0 Å². The van der Waals surface area contributed by atoms with Crippen molar-refractivity contribution < 1.29 is 18.4 Å². The lowest BCUT2D eigenvalue weighted by molar-refractivity contribution is -0.136. The fourth-order valence-electron chi connectivity index (χ4n) is 2.43. The Morgan fingerprint density at radius 3 is 2.44 bits per heavy atom. The summed E-state index contributed by atoms with van der Waals surface area (Å²) in [5.74, 6) is -3.95. The van der Waals surface area contributed by atoms with E-state index in [9.17, 15) is 18.4 Å². The highest BCUT2D eigenvalue weighted by atomic mass is 35.5. The maximum atomic E-state index is 13.2. The fraction of sp³-hybridized carbons (Fsp3) is 0.467. The number of halogens is 5. The number of hydrogen-bond donors (Lipinski definition) is 2. The molecule has 0 radical (unpaired) electrons. The second-order valence-electron chi connectivity index (χ2n) is 5.49. The number of alkyl halides is 2. The Morgan fingerprint density at radius 1 is 1.36 bits per heavy atom. The SMILES string of the molecule is CCN(CC(=O)Nc1c(Cl)cccc1Cl)C(=O)C1CC(F)(F)CN1.Cl. The molecule has 140 valence electrons. The van der Waals surface area contributed by atoms with Crippen molar-refractivity contribution >= 4 is 53.1 Å². The Labute approximate surface area is 160 Å². The molecule has 2 amide bonds. The number of benzene rings is 1. The number of anilines is 1. The quantitative estimate of drug-likeness (QED) is 0.775. The van der Waals surface area contributed by atoms with Crippen LogP contribution in [0.4, 0.5) is 14.5 Å². The average molecular weight is 417 g/mol.